The lowest BCUT2D eigenvalue weighted by molar-refractivity contribution is 0.195. The molecule has 0 fully saturated rings. The molecule has 3 rings (SSSR count). The number of hydrogen-bond acceptors (Lipinski definition) is 4. The van der Waals surface area contributed by atoms with Gasteiger partial charge in [-0.2, -0.15) is 15.5 Å². The maximum atomic E-state index is 9.92. The molecule has 0 N–H and O–H groups in total. The summed E-state index contributed by atoms with van der Waals surface area (Å²) in [6, 6.07) is 12.4. The molecule has 0 unspecified atom stereocenters. The molecule has 0 radical (unpaired) electrons. The molecule has 5 nitrogen and oxygen atoms in total. The molecular formula is C19H23N5. The van der Waals surface area contributed by atoms with E-state index in [4.69, 9.17) is 5.10 Å². The van der Waals surface area contributed by atoms with E-state index in [1.807, 2.05) is 48.7 Å². The molecule has 2 heterocycles. The van der Waals surface area contributed by atoms with Crippen LogP contribution in [0.3, 0.4) is 0 Å². The van der Waals surface area contributed by atoms with Crippen molar-refractivity contribution in [3.05, 3.63) is 52.8 Å². The Hall–Kier alpha value is -2.61. The molecule has 2 aromatic rings. The Kier molecular flexibility index (Phi) is 4.39. The molecule has 1 aromatic carbocycles. The van der Waals surface area contributed by atoms with Crippen molar-refractivity contribution in [1.82, 2.24) is 14.8 Å². The van der Waals surface area contributed by atoms with Gasteiger partial charge in [-0.25, -0.2) is 0 Å². The number of aromatic nitrogens is 2. The first-order chi connectivity index (χ1) is 11.6. The predicted octanol–water partition coefficient (Wildman–Crippen LogP) is 3.91. The van der Waals surface area contributed by atoms with Crippen molar-refractivity contribution in [2.24, 2.45) is 5.10 Å². The minimum atomic E-state index is -0.423. The molecule has 0 aliphatic carbocycles. The van der Waals surface area contributed by atoms with Crippen molar-refractivity contribution in [2.75, 3.05) is 0 Å². The van der Waals surface area contributed by atoms with Crippen LogP contribution in [-0.4, -0.2) is 20.5 Å². The topological polar surface area (TPSA) is 57.2 Å². The monoisotopic (exact) mass is 321 g/mol. The summed E-state index contributed by atoms with van der Waals surface area (Å²) < 4.78 is 1.96. The van der Waals surface area contributed by atoms with Crippen LogP contribution in [-0.2, 0) is 6.54 Å². The molecule has 5 heteroatoms. The Morgan fingerprint density at radius 3 is 2.54 bits per heavy atom. The normalized spacial score (nSPS) is 18.4. The summed E-state index contributed by atoms with van der Waals surface area (Å²) in [5, 5.41) is 21.2. The Morgan fingerprint density at radius 1 is 1.25 bits per heavy atom. The molecule has 2 atom stereocenters. The number of benzene rings is 1. The molecule has 1 aliphatic rings. The molecule has 0 amide bonds. The van der Waals surface area contributed by atoms with E-state index in [1.54, 1.807) is 0 Å². The number of hydrazone groups is 1. The number of nitriles is 1. The largest absolute Gasteiger partial charge is 0.269 e. The van der Waals surface area contributed by atoms with E-state index >= 15 is 0 Å². The van der Waals surface area contributed by atoms with Crippen molar-refractivity contribution in [3.8, 4) is 6.07 Å². The quantitative estimate of drug-likeness (QED) is 0.858. The number of aryl methyl sites for hydroxylation is 2. The van der Waals surface area contributed by atoms with Crippen molar-refractivity contribution >= 4 is 5.71 Å². The SMILES string of the molecule is CCn1nc(C)c([C@@H](C#N)N2N=C(C)C[C@@H]2c2ccccc2)c1C. The average molecular weight is 321 g/mol. The Balaban J connectivity index is 2.04. The maximum absolute atomic E-state index is 9.92. The maximum Gasteiger partial charge on any atom is 0.162 e. The van der Waals surface area contributed by atoms with Gasteiger partial charge in [0.1, 0.15) is 0 Å². The first kappa shape index (κ1) is 16.3. The smallest absolute Gasteiger partial charge is 0.162 e. The van der Waals surface area contributed by atoms with E-state index in [1.165, 1.54) is 5.56 Å². The summed E-state index contributed by atoms with van der Waals surface area (Å²) in [5.74, 6) is 0. The van der Waals surface area contributed by atoms with Gasteiger partial charge in [0, 0.05) is 29.9 Å². The van der Waals surface area contributed by atoms with Gasteiger partial charge in [-0.15, -0.1) is 0 Å². The molecule has 0 bridgehead atoms. The van der Waals surface area contributed by atoms with Crippen LogP contribution in [0.5, 0.6) is 0 Å². The van der Waals surface area contributed by atoms with Crippen LogP contribution in [0.1, 0.15) is 54.9 Å². The number of hydrogen-bond donors (Lipinski definition) is 0. The zero-order valence-electron chi connectivity index (χ0n) is 14.7. The van der Waals surface area contributed by atoms with Gasteiger partial charge in [0.15, 0.2) is 6.04 Å². The second-order valence-electron chi connectivity index (χ2n) is 6.28. The van der Waals surface area contributed by atoms with E-state index in [9.17, 15) is 5.26 Å². The highest BCUT2D eigenvalue weighted by molar-refractivity contribution is 5.84. The molecule has 0 spiro atoms. The van der Waals surface area contributed by atoms with Gasteiger partial charge in [-0.1, -0.05) is 30.3 Å². The summed E-state index contributed by atoms with van der Waals surface area (Å²) in [6.07, 6.45) is 0.849. The van der Waals surface area contributed by atoms with Gasteiger partial charge in [-0.3, -0.25) is 9.69 Å². The van der Waals surface area contributed by atoms with Crippen molar-refractivity contribution in [1.29, 1.82) is 5.26 Å². The summed E-state index contributed by atoms with van der Waals surface area (Å²) in [6.45, 7) is 8.90. The zero-order valence-corrected chi connectivity index (χ0v) is 14.7. The molecule has 124 valence electrons. The third-order valence-electron chi connectivity index (χ3n) is 4.68. The van der Waals surface area contributed by atoms with E-state index in [-0.39, 0.29) is 6.04 Å². The van der Waals surface area contributed by atoms with Gasteiger partial charge >= 0.3 is 0 Å². The summed E-state index contributed by atoms with van der Waals surface area (Å²) in [5.41, 5.74) is 5.19. The number of rotatable bonds is 4. The van der Waals surface area contributed by atoms with Crippen molar-refractivity contribution < 1.29 is 0 Å². The van der Waals surface area contributed by atoms with Crippen LogP contribution >= 0.6 is 0 Å². The highest BCUT2D eigenvalue weighted by atomic mass is 15.5. The average Bonchev–Trinajstić information content (AvgIpc) is 3.11. The number of nitrogens with zero attached hydrogens (tertiary/aromatic N) is 5. The minimum Gasteiger partial charge on any atom is -0.269 e. The Labute approximate surface area is 143 Å². The highest BCUT2D eigenvalue weighted by Gasteiger charge is 2.35. The summed E-state index contributed by atoms with van der Waals surface area (Å²) in [4.78, 5) is 0. The van der Waals surface area contributed by atoms with Crippen LogP contribution in [0.4, 0.5) is 0 Å². The van der Waals surface area contributed by atoms with Crippen LogP contribution in [0.25, 0.3) is 0 Å². The second-order valence-corrected chi connectivity index (χ2v) is 6.28. The third-order valence-corrected chi connectivity index (χ3v) is 4.68. The predicted molar refractivity (Wildman–Crippen MR) is 94.5 cm³/mol. The Bertz CT molecular complexity index is 797. The molecule has 1 aromatic heterocycles. The van der Waals surface area contributed by atoms with Gasteiger partial charge in [0.25, 0.3) is 0 Å². The van der Waals surface area contributed by atoms with Crippen molar-refractivity contribution in [2.45, 2.75) is 52.7 Å². The van der Waals surface area contributed by atoms with Gasteiger partial charge in [-0.05, 0) is 33.3 Å². The molecule has 1 aliphatic heterocycles. The second kappa shape index (κ2) is 6.48. The molecular weight excluding hydrogens is 298 g/mol. The standard InChI is InChI=1S/C19H23N5/c1-5-23-15(4)19(14(3)22-23)18(12-20)24-17(11-13(2)21-24)16-9-7-6-8-10-16/h6-10,17-18H,5,11H2,1-4H3/t17-,18-/m1/s1. The van der Waals surface area contributed by atoms with E-state index in [0.717, 1.165) is 35.6 Å². The van der Waals surface area contributed by atoms with Crippen molar-refractivity contribution in [3.63, 3.8) is 0 Å². The van der Waals surface area contributed by atoms with E-state index in [0.29, 0.717) is 0 Å². The highest BCUT2D eigenvalue weighted by Crippen LogP contribution is 2.39. The van der Waals surface area contributed by atoms with E-state index < -0.39 is 6.04 Å². The summed E-state index contributed by atoms with van der Waals surface area (Å²) in [7, 11) is 0. The van der Waals surface area contributed by atoms with Crippen LogP contribution < -0.4 is 0 Å². The van der Waals surface area contributed by atoms with Crippen LogP contribution in [0, 0.1) is 25.2 Å². The van der Waals surface area contributed by atoms with Gasteiger partial charge in [0.05, 0.1) is 17.8 Å². The van der Waals surface area contributed by atoms with Crippen LogP contribution in [0.2, 0.25) is 0 Å². The lowest BCUT2D eigenvalue weighted by Gasteiger charge is -2.28. The fourth-order valence-corrected chi connectivity index (χ4v) is 3.53. The van der Waals surface area contributed by atoms with Crippen LogP contribution in [0.15, 0.2) is 35.4 Å². The molecule has 0 saturated carbocycles. The van der Waals surface area contributed by atoms with Gasteiger partial charge < -0.3 is 0 Å². The Morgan fingerprint density at radius 2 is 1.96 bits per heavy atom. The van der Waals surface area contributed by atoms with E-state index in [2.05, 4.69) is 30.2 Å². The summed E-state index contributed by atoms with van der Waals surface area (Å²) >= 11 is 0. The fourth-order valence-electron chi connectivity index (χ4n) is 3.53. The lowest BCUT2D eigenvalue weighted by Crippen LogP contribution is -2.25. The fraction of sp³-hybridized carbons (Fsp3) is 0.421. The lowest BCUT2D eigenvalue weighted by atomic mass is 9.98. The first-order valence-corrected chi connectivity index (χ1v) is 8.37. The van der Waals surface area contributed by atoms with Gasteiger partial charge in [0.2, 0.25) is 0 Å². The first-order valence-electron chi connectivity index (χ1n) is 8.37. The third kappa shape index (κ3) is 2.69. The molecule has 0 saturated heterocycles. The zero-order chi connectivity index (χ0) is 17.3. The minimum absolute atomic E-state index is 0.0969. The molecule has 24 heavy (non-hydrogen) atoms.